The minimum atomic E-state index is 0.650. The van der Waals surface area contributed by atoms with Crippen molar-refractivity contribution in [1.82, 2.24) is 5.32 Å². The number of fused-ring (bicyclic) bond motifs is 1. The molecular formula is C16H26N2O. The summed E-state index contributed by atoms with van der Waals surface area (Å²) in [5, 5.41) is 6.84. The number of ether oxygens (including phenoxy) is 1. The Labute approximate surface area is 116 Å². The maximum atomic E-state index is 5.64. The van der Waals surface area contributed by atoms with Crippen molar-refractivity contribution >= 4 is 5.69 Å². The molecule has 1 unspecified atom stereocenters. The van der Waals surface area contributed by atoms with Crippen LogP contribution >= 0.6 is 0 Å². The van der Waals surface area contributed by atoms with Gasteiger partial charge < -0.3 is 15.4 Å². The zero-order valence-corrected chi connectivity index (χ0v) is 12.3. The van der Waals surface area contributed by atoms with Crippen LogP contribution in [0.1, 0.15) is 25.8 Å². The summed E-state index contributed by atoms with van der Waals surface area (Å²) < 4.78 is 5.64. The zero-order chi connectivity index (χ0) is 13.7. The van der Waals surface area contributed by atoms with Crippen LogP contribution in [-0.2, 0) is 6.42 Å². The minimum absolute atomic E-state index is 0.650. The van der Waals surface area contributed by atoms with Crippen LogP contribution in [-0.4, -0.2) is 26.7 Å². The van der Waals surface area contributed by atoms with E-state index in [2.05, 4.69) is 42.7 Å². The molecule has 1 aromatic carbocycles. The van der Waals surface area contributed by atoms with Crippen LogP contribution in [0.5, 0.6) is 5.75 Å². The zero-order valence-electron chi connectivity index (χ0n) is 12.3. The fraction of sp³-hybridized carbons (Fsp3) is 0.625. The maximum Gasteiger partial charge on any atom is 0.122 e. The largest absolute Gasteiger partial charge is 0.493 e. The highest BCUT2D eigenvalue weighted by atomic mass is 16.5. The molecule has 0 radical (unpaired) electrons. The molecule has 0 bridgehead atoms. The number of rotatable bonds is 6. The van der Waals surface area contributed by atoms with E-state index in [0.29, 0.717) is 11.8 Å². The van der Waals surface area contributed by atoms with Crippen molar-refractivity contribution in [1.29, 1.82) is 0 Å². The summed E-state index contributed by atoms with van der Waals surface area (Å²) in [6.07, 6.45) is 2.26. The Hall–Kier alpha value is -1.22. The Kier molecular flexibility index (Phi) is 5.08. The molecule has 1 heterocycles. The lowest BCUT2D eigenvalue weighted by Gasteiger charge is -2.23. The molecule has 0 amide bonds. The summed E-state index contributed by atoms with van der Waals surface area (Å²) in [6, 6.07) is 6.46. The van der Waals surface area contributed by atoms with E-state index in [1.54, 1.807) is 0 Å². The summed E-state index contributed by atoms with van der Waals surface area (Å²) in [7, 11) is 2.02. The summed E-state index contributed by atoms with van der Waals surface area (Å²) in [6.45, 7) is 7.49. The fourth-order valence-corrected chi connectivity index (χ4v) is 2.53. The molecule has 0 aliphatic carbocycles. The Morgan fingerprint density at radius 1 is 1.26 bits per heavy atom. The first-order chi connectivity index (χ1) is 9.20. The van der Waals surface area contributed by atoms with Crippen molar-refractivity contribution < 1.29 is 4.74 Å². The highest BCUT2D eigenvalue weighted by Gasteiger charge is 2.13. The topological polar surface area (TPSA) is 33.3 Å². The van der Waals surface area contributed by atoms with Gasteiger partial charge in [0.15, 0.2) is 0 Å². The summed E-state index contributed by atoms with van der Waals surface area (Å²) >= 11 is 0. The van der Waals surface area contributed by atoms with Crippen LogP contribution < -0.4 is 15.4 Å². The summed E-state index contributed by atoms with van der Waals surface area (Å²) in [5.41, 5.74) is 2.55. The van der Waals surface area contributed by atoms with Gasteiger partial charge in [-0.3, -0.25) is 0 Å². The third kappa shape index (κ3) is 3.87. The second-order valence-electron chi connectivity index (χ2n) is 5.72. The number of aryl methyl sites for hydroxylation is 1. The van der Waals surface area contributed by atoms with Gasteiger partial charge in [-0.05, 0) is 62.0 Å². The predicted molar refractivity (Wildman–Crippen MR) is 81.0 cm³/mol. The van der Waals surface area contributed by atoms with Gasteiger partial charge in [0, 0.05) is 12.2 Å². The van der Waals surface area contributed by atoms with Crippen molar-refractivity contribution in [3.8, 4) is 5.75 Å². The number of benzene rings is 1. The average Bonchev–Trinajstić information content (AvgIpc) is 2.43. The highest BCUT2D eigenvalue weighted by molar-refractivity contribution is 5.51. The summed E-state index contributed by atoms with van der Waals surface area (Å²) in [4.78, 5) is 0. The molecule has 1 aromatic rings. The van der Waals surface area contributed by atoms with Gasteiger partial charge in [-0.25, -0.2) is 0 Å². The van der Waals surface area contributed by atoms with Crippen LogP contribution in [0.25, 0.3) is 0 Å². The lowest BCUT2D eigenvalue weighted by molar-refractivity contribution is 0.288. The van der Waals surface area contributed by atoms with E-state index >= 15 is 0 Å². The molecule has 1 aliphatic rings. The normalized spacial score (nSPS) is 15.8. The van der Waals surface area contributed by atoms with Crippen LogP contribution in [0.3, 0.4) is 0 Å². The monoisotopic (exact) mass is 262 g/mol. The van der Waals surface area contributed by atoms with E-state index in [-0.39, 0.29) is 0 Å². The van der Waals surface area contributed by atoms with E-state index in [0.717, 1.165) is 38.3 Å². The van der Waals surface area contributed by atoms with Crippen molar-refractivity contribution in [3.05, 3.63) is 23.8 Å². The number of nitrogens with one attached hydrogen (secondary N) is 2. The maximum absolute atomic E-state index is 5.64. The Balaban J connectivity index is 1.95. The van der Waals surface area contributed by atoms with Crippen molar-refractivity contribution in [2.75, 3.05) is 32.1 Å². The third-order valence-electron chi connectivity index (χ3n) is 3.89. The quantitative estimate of drug-likeness (QED) is 0.827. The number of hydrogen-bond donors (Lipinski definition) is 2. The van der Waals surface area contributed by atoms with Gasteiger partial charge in [-0.2, -0.15) is 0 Å². The lowest BCUT2D eigenvalue weighted by atomic mass is 9.95. The van der Waals surface area contributed by atoms with Crippen molar-refractivity contribution in [3.63, 3.8) is 0 Å². The molecule has 3 heteroatoms. The average molecular weight is 262 g/mol. The molecule has 0 aromatic heterocycles. The van der Waals surface area contributed by atoms with E-state index in [9.17, 15) is 0 Å². The van der Waals surface area contributed by atoms with E-state index in [1.165, 1.54) is 11.3 Å². The SMILES string of the molecule is CNCC(CNc1ccc2c(c1)CCCO2)C(C)C. The molecular weight excluding hydrogens is 236 g/mol. The Bertz CT molecular complexity index is 404. The van der Waals surface area contributed by atoms with Gasteiger partial charge in [-0.1, -0.05) is 13.8 Å². The molecule has 1 aliphatic heterocycles. The molecule has 19 heavy (non-hydrogen) atoms. The van der Waals surface area contributed by atoms with Gasteiger partial charge >= 0.3 is 0 Å². The van der Waals surface area contributed by atoms with E-state index in [4.69, 9.17) is 4.74 Å². The smallest absolute Gasteiger partial charge is 0.122 e. The molecule has 0 saturated heterocycles. The molecule has 106 valence electrons. The van der Waals surface area contributed by atoms with E-state index < -0.39 is 0 Å². The lowest BCUT2D eigenvalue weighted by Crippen LogP contribution is -2.29. The molecule has 0 saturated carbocycles. The van der Waals surface area contributed by atoms with Gasteiger partial charge in [0.05, 0.1) is 6.61 Å². The molecule has 3 nitrogen and oxygen atoms in total. The molecule has 2 N–H and O–H groups in total. The molecule has 2 rings (SSSR count). The van der Waals surface area contributed by atoms with Gasteiger partial charge in [0.25, 0.3) is 0 Å². The van der Waals surface area contributed by atoms with Gasteiger partial charge in [0.1, 0.15) is 5.75 Å². The molecule has 0 fully saturated rings. The minimum Gasteiger partial charge on any atom is -0.493 e. The van der Waals surface area contributed by atoms with E-state index in [1.807, 2.05) is 7.05 Å². The number of anilines is 1. The Morgan fingerprint density at radius 3 is 2.84 bits per heavy atom. The first-order valence-electron chi connectivity index (χ1n) is 7.35. The van der Waals surface area contributed by atoms with Crippen LogP contribution in [0.15, 0.2) is 18.2 Å². The van der Waals surface area contributed by atoms with Crippen molar-refractivity contribution in [2.24, 2.45) is 11.8 Å². The van der Waals surface area contributed by atoms with Crippen LogP contribution in [0.2, 0.25) is 0 Å². The Morgan fingerprint density at radius 2 is 2.11 bits per heavy atom. The first kappa shape index (κ1) is 14.2. The van der Waals surface area contributed by atoms with Gasteiger partial charge in [0.2, 0.25) is 0 Å². The third-order valence-corrected chi connectivity index (χ3v) is 3.89. The van der Waals surface area contributed by atoms with Crippen LogP contribution in [0, 0.1) is 11.8 Å². The highest BCUT2D eigenvalue weighted by Crippen LogP contribution is 2.27. The van der Waals surface area contributed by atoms with Gasteiger partial charge in [-0.15, -0.1) is 0 Å². The summed E-state index contributed by atoms with van der Waals surface area (Å²) in [5.74, 6) is 2.39. The molecule has 0 spiro atoms. The predicted octanol–water partition coefficient (Wildman–Crippen LogP) is 2.92. The fourth-order valence-electron chi connectivity index (χ4n) is 2.53. The standard InChI is InChI=1S/C16H26N2O/c1-12(2)14(10-17-3)11-18-15-6-7-16-13(9-15)5-4-8-19-16/h6-7,9,12,14,17-18H,4-5,8,10-11H2,1-3H3. The second-order valence-corrected chi connectivity index (χ2v) is 5.72. The first-order valence-corrected chi connectivity index (χ1v) is 7.35. The number of hydrogen-bond acceptors (Lipinski definition) is 3. The van der Waals surface area contributed by atoms with Crippen LogP contribution in [0.4, 0.5) is 5.69 Å². The van der Waals surface area contributed by atoms with Crippen molar-refractivity contribution in [2.45, 2.75) is 26.7 Å². The second kappa shape index (κ2) is 6.80. The molecule has 1 atom stereocenters.